The summed E-state index contributed by atoms with van der Waals surface area (Å²) >= 11 is 6.37. The molecule has 0 aliphatic heterocycles. The van der Waals surface area contributed by atoms with E-state index in [4.69, 9.17) is 16.0 Å². The maximum absolute atomic E-state index is 6.37. The van der Waals surface area contributed by atoms with Crippen LogP contribution in [0.1, 0.15) is 42.8 Å². The van der Waals surface area contributed by atoms with Crippen molar-refractivity contribution in [2.75, 3.05) is 20.6 Å². The van der Waals surface area contributed by atoms with Crippen LogP contribution in [0.15, 0.2) is 22.8 Å². The largest absolute Gasteiger partial charge is 0.468 e. The summed E-state index contributed by atoms with van der Waals surface area (Å²) in [4.78, 5) is 2.14. The highest BCUT2D eigenvalue weighted by atomic mass is 35.5. The van der Waals surface area contributed by atoms with Crippen molar-refractivity contribution < 1.29 is 4.42 Å². The molecule has 0 radical (unpaired) electrons. The van der Waals surface area contributed by atoms with Crippen LogP contribution in [0.25, 0.3) is 0 Å². The Labute approximate surface area is 137 Å². The molecule has 2 aromatic rings. The van der Waals surface area contributed by atoms with Gasteiger partial charge in [-0.1, -0.05) is 25.4 Å². The zero-order chi connectivity index (χ0) is 16.3. The van der Waals surface area contributed by atoms with Crippen molar-refractivity contribution >= 4 is 11.6 Å². The monoisotopic (exact) mass is 324 g/mol. The van der Waals surface area contributed by atoms with Crippen molar-refractivity contribution in [1.82, 2.24) is 20.0 Å². The van der Waals surface area contributed by atoms with Crippen molar-refractivity contribution in [2.24, 2.45) is 7.05 Å². The highest BCUT2D eigenvalue weighted by Gasteiger charge is 2.19. The first-order chi connectivity index (χ1) is 10.4. The van der Waals surface area contributed by atoms with Crippen LogP contribution in [-0.2, 0) is 13.6 Å². The van der Waals surface area contributed by atoms with Gasteiger partial charge in [0.05, 0.1) is 18.0 Å². The molecule has 0 aliphatic carbocycles. The molecule has 0 spiro atoms. The van der Waals surface area contributed by atoms with Gasteiger partial charge in [-0.05, 0) is 32.1 Å². The van der Waals surface area contributed by atoms with Crippen LogP contribution < -0.4 is 5.32 Å². The second-order valence-corrected chi connectivity index (χ2v) is 6.42. The number of rotatable bonds is 7. The molecule has 2 rings (SSSR count). The Morgan fingerprint density at radius 2 is 2.14 bits per heavy atom. The van der Waals surface area contributed by atoms with E-state index in [1.165, 1.54) is 0 Å². The molecular weight excluding hydrogens is 300 g/mol. The third-order valence-corrected chi connectivity index (χ3v) is 4.25. The SMILES string of the molecule is CC(C)c1nn(C)c(Cl)c1CNCC(c1ccco1)N(C)C. The fraction of sp³-hybridized carbons (Fsp3) is 0.562. The van der Waals surface area contributed by atoms with Crippen molar-refractivity contribution in [3.8, 4) is 0 Å². The Morgan fingerprint density at radius 3 is 2.68 bits per heavy atom. The summed E-state index contributed by atoms with van der Waals surface area (Å²) in [5, 5.41) is 8.69. The Morgan fingerprint density at radius 1 is 1.41 bits per heavy atom. The summed E-state index contributed by atoms with van der Waals surface area (Å²) in [5.74, 6) is 1.31. The zero-order valence-electron chi connectivity index (χ0n) is 13.9. The normalized spacial score (nSPS) is 13.3. The Kier molecular flexibility index (Phi) is 5.67. The second-order valence-electron chi connectivity index (χ2n) is 6.06. The van der Waals surface area contributed by atoms with Gasteiger partial charge in [0.25, 0.3) is 0 Å². The van der Waals surface area contributed by atoms with Crippen LogP contribution in [0.3, 0.4) is 0 Å². The molecule has 0 bridgehead atoms. The minimum Gasteiger partial charge on any atom is -0.468 e. The molecule has 22 heavy (non-hydrogen) atoms. The number of hydrogen-bond donors (Lipinski definition) is 1. The first-order valence-corrected chi connectivity index (χ1v) is 7.91. The van der Waals surface area contributed by atoms with Gasteiger partial charge < -0.3 is 9.73 Å². The Balaban J connectivity index is 2.04. The van der Waals surface area contributed by atoms with E-state index < -0.39 is 0 Å². The molecule has 2 heterocycles. The molecule has 0 saturated carbocycles. The zero-order valence-corrected chi connectivity index (χ0v) is 14.7. The minimum atomic E-state index is 0.188. The number of furan rings is 1. The first kappa shape index (κ1) is 17.1. The fourth-order valence-electron chi connectivity index (χ4n) is 2.55. The van der Waals surface area contributed by atoms with Gasteiger partial charge in [-0.15, -0.1) is 0 Å². The standard InChI is InChI=1S/C16H25ClN4O/c1-11(2)15-12(16(17)21(5)19-15)9-18-10-13(20(3)4)14-7-6-8-22-14/h6-8,11,13,18H,9-10H2,1-5H3. The van der Waals surface area contributed by atoms with Gasteiger partial charge in [0.1, 0.15) is 10.9 Å². The van der Waals surface area contributed by atoms with Crippen molar-refractivity contribution in [2.45, 2.75) is 32.4 Å². The minimum absolute atomic E-state index is 0.188. The predicted octanol–water partition coefficient (Wildman–Crippen LogP) is 3.18. The molecule has 122 valence electrons. The van der Waals surface area contributed by atoms with Crippen molar-refractivity contribution in [3.05, 3.63) is 40.6 Å². The maximum atomic E-state index is 6.37. The van der Waals surface area contributed by atoms with E-state index in [2.05, 4.69) is 29.2 Å². The number of aryl methyl sites for hydroxylation is 1. The lowest BCUT2D eigenvalue weighted by Crippen LogP contribution is -2.30. The van der Waals surface area contributed by atoms with Gasteiger partial charge in [-0.3, -0.25) is 9.58 Å². The van der Waals surface area contributed by atoms with E-state index in [0.717, 1.165) is 23.6 Å². The fourth-order valence-corrected chi connectivity index (χ4v) is 2.75. The average molecular weight is 325 g/mol. The highest BCUT2D eigenvalue weighted by molar-refractivity contribution is 6.30. The lowest BCUT2D eigenvalue weighted by atomic mass is 10.1. The lowest BCUT2D eigenvalue weighted by Gasteiger charge is -2.22. The highest BCUT2D eigenvalue weighted by Crippen LogP contribution is 2.25. The van der Waals surface area contributed by atoms with Crippen molar-refractivity contribution in [3.63, 3.8) is 0 Å². The molecule has 5 nitrogen and oxygen atoms in total. The van der Waals surface area contributed by atoms with E-state index in [9.17, 15) is 0 Å². The summed E-state index contributed by atoms with van der Waals surface area (Å²) in [6, 6.07) is 4.11. The van der Waals surface area contributed by atoms with Gasteiger partial charge in [-0.25, -0.2) is 0 Å². The molecular formula is C16H25ClN4O. The Bertz CT molecular complexity index is 590. The Hall–Kier alpha value is -1.30. The second kappa shape index (κ2) is 7.31. The summed E-state index contributed by atoms with van der Waals surface area (Å²) < 4.78 is 7.27. The predicted molar refractivity (Wildman–Crippen MR) is 89.1 cm³/mol. The molecule has 1 unspecified atom stereocenters. The summed E-state index contributed by atoms with van der Waals surface area (Å²) in [6.45, 7) is 5.75. The van der Waals surface area contributed by atoms with Gasteiger partial charge in [0.15, 0.2) is 0 Å². The molecule has 0 aliphatic rings. The summed E-state index contributed by atoms with van der Waals surface area (Å²) in [6.07, 6.45) is 1.71. The number of aromatic nitrogens is 2. The number of halogens is 1. The molecule has 2 aromatic heterocycles. The van der Waals surface area contributed by atoms with Crippen LogP contribution >= 0.6 is 11.6 Å². The number of nitrogens with one attached hydrogen (secondary N) is 1. The van der Waals surface area contributed by atoms with Gasteiger partial charge in [0.2, 0.25) is 0 Å². The lowest BCUT2D eigenvalue weighted by molar-refractivity contribution is 0.250. The number of hydrogen-bond acceptors (Lipinski definition) is 4. The average Bonchev–Trinajstić information content (AvgIpc) is 3.06. The van der Waals surface area contributed by atoms with Gasteiger partial charge in [0, 0.05) is 25.7 Å². The molecule has 6 heteroatoms. The van der Waals surface area contributed by atoms with Crippen LogP contribution in [0.2, 0.25) is 5.15 Å². The molecule has 1 N–H and O–H groups in total. The van der Waals surface area contributed by atoms with E-state index in [-0.39, 0.29) is 6.04 Å². The van der Waals surface area contributed by atoms with Gasteiger partial charge >= 0.3 is 0 Å². The van der Waals surface area contributed by atoms with E-state index in [1.807, 2.05) is 33.3 Å². The molecule has 1 atom stereocenters. The summed E-state index contributed by atoms with van der Waals surface area (Å²) in [5.41, 5.74) is 2.13. The molecule has 0 aromatic carbocycles. The summed E-state index contributed by atoms with van der Waals surface area (Å²) in [7, 11) is 5.97. The molecule has 0 saturated heterocycles. The maximum Gasteiger partial charge on any atom is 0.131 e. The quantitative estimate of drug-likeness (QED) is 0.849. The number of likely N-dealkylation sites (N-methyl/N-ethyl adjacent to an activating group) is 1. The van der Waals surface area contributed by atoms with E-state index >= 15 is 0 Å². The van der Waals surface area contributed by atoms with Crippen molar-refractivity contribution in [1.29, 1.82) is 0 Å². The van der Waals surface area contributed by atoms with Gasteiger partial charge in [-0.2, -0.15) is 5.10 Å². The molecule has 0 fully saturated rings. The van der Waals surface area contributed by atoms with Crippen LogP contribution in [0.4, 0.5) is 0 Å². The van der Waals surface area contributed by atoms with Crippen LogP contribution in [-0.4, -0.2) is 35.3 Å². The van der Waals surface area contributed by atoms with Crippen LogP contribution in [0.5, 0.6) is 0 Å². The number of nitrogens with zero attached hydrogens (tertiary/aromatic N) is 3. The third kappa shape index (κ3) is 3.72. The smallest absolute Gasteiger partial charge is 0.131 e. The van der Waals surface area contributed by atoms with E-state index in [1.54, 1.807) is 10.9 Å². The van der Waals surface area contributed by atoms with E-state index in [0.29, 0.717) is 17.6 Å². The first-order valence-electron chi connectivity index (χ1n) is 7.53. The molecule has 0 amide bonds. The van der Waals surface area contributed by atoms with Crippen LogP contribution in [0, 0.1) is 0 Å². The third-order valence-electron chi connectivity index (χ3n) is 3.78. The topological polar surface area (TPSA) is 46.2 Å².